The van der Waals surface area contributed by atoms with E-state index in [0.717, 1.165) is 38.6 Å². The summed E-state index contributed by atoms with van der Waals surface area (Å²) in [6.45, 7) is 2.44. The summed E-state index contributed by atoms with van der Waals surface area (Å²) < 4.78 is 12.4. The van der Waals surface area contributed by atoms with Gasteiger partial charge in [0, 0.05) is 22.2 Å². The number of anilines is 2. The van der Waals surface area contributed by atoms with Gasteiger partial charge in [0.05, 0.1) is 23.5 Å². The predicted octanol–water partition coefficient (Wildman–Crippen LogP) is 9.13. The normalized spacial score (nSPS) is 11.1. The molecule has 6 aromatic rings. The second-order valence-electron chi connectivity index (χ2n) is 10.3. The summed E-state index contributed by atoms with van der Waals surface area (Å²) >= 11 is 5.12. The van der Waals surface area contributed by atoms with E-state index in [4.69, 9.17) is 9.47 Å². The molecule has 0 unspecified atom stereocenters. The molecule has 0 bridgehead atoms. The van der Waals surface area contributed by atoms with Gasteiger partial charge < -0.3 is 14.8 Å². The molecule has 1 amide bonds. The van der Waals surface area contributed by atoms with Gasteiger partial charge in [-0.2, -0.15) is 5.10 Å². The van der Waals surface area contributed by atoms with Crippen LogP contribution in [0.2, 0.25) is 0 Å². The van der Waals surface area contributed by atoms with Crippen LogP contribution in [0.3, 0.4) is 0 Å². The molecular formula is C36H29BrN4O3S. The van der Waals surface area contributed by atoms with E-state index in [1.54, 1.807) is 31.5 Å². The number of amides is 1. The maximum Gasteiger partial charge on any atom is 0.271 e. The first-order valence-electron chi connectivity index (χ1n) is 14.2. The van der Waals surface area contributed by atoms with Crippen molar-refractivity contribution in [3.05, 3.63) is 135 Å². The molecule has 0 aliphatic carbocycles. The van der Waals surface area contributed by atoms with Crippen LogP contribution in [0.1, 0.15) is 27.0 Å². The lowest BCUT2D eigenvalue weighted by molar-refractivity contribution is 0.0955. The Labute approximate surface area is 273 Å². The SMILES string of the molecule is COc1cc(/C=N\NC(=O)c2ccc(-c3csc(Nc4ccc(C)cc4)n3)cc2)cc(Br)c1OCc1ccc2ccccc2c1. The molecule has 0 aliphatic rings. The first-order valence-corrected chi connectivity index (χ1v) is 15.8. The maximum absolute atomic E-state index is 12.8. The summed E-state index contributed by atoms with van der Waals surface area (Å²) in [4.78, 5) is 17.4. The van der Waals surface area contributed by atoms with Crippen LogP contribution in [-0.4, -0.2) is 24.2 Å². The molecule has 0 spiro atoms. The average molecular weight is 678 g/mol. The van der Waals surface area contributed by atoms with Gasteiger partial charge in [-0.3, -0.25) is 4.79 Å². The molecule has 0 radical (unpaired) electrons. The number of methoxy groups -OCH3 is 1. The van der Waals surface area contributed by atoms with E-state index in [2.05, 4.69) is 86.1 Å². The van der Waals surface area contributed by atoms with Gasteiger partial charge >= 0.3 is 0 Å². The van der Waals surface area contributed by atoms with E-state index >= 15 is 0 Å². The number of benzene rings is 5. The first-order chi connectivity index (χ1) is 21.9. The minimum atomic E-state index is -0.320. The molecule has 9 heteroatoms. The van der Waals surface area contributed by atoms with Crippen molar-refractivity contribution < 1.29 is 14.3 Å². The molecule has 224 valence electrons. The fourth-order valence-electron chi connectivity index (χ4n) is 4.68. The summed E-state index contributed by atoms with van der Waals surface area (Å²) in [5.74, 6) is 0.817. The largest absolute Gasteiger partial charge is 0.493 e. The fraction of sp³-hybridized carbons (Fsp3) is 0.0833. The lowest BCUT2D eigenvalue weighted by Gasteiger charge is -2.14. The molecule has 1 aromatic heterocycles. The summed E-state index contributed by atoms with van der Waals surface area (Å²) in [6, 6.07) is 33.6. The quantitative estimate of drug-likeness (QED) is 0.112. The van der Waals surface area contributed by atoms with Crippen molar-refractivity contribution >= 4 is 61.0 Å². The molecule has 0 atom stereocenters. The van der Waals surface area contributed by atoms with Crippen LogP contribution < -0.4 is 20.2 Å². The molecule has 1 heterocycles. The maximum atomic E-state index is 12.8. The summed E-state index contributed by atoms with van der Waals surface area (Å²) in [5.41, 5.74) is 8.81. The van der Waals surface area contributed by atoms with Crippen LogP contribution in [0, 0.1) is 6.92 Å². The van der Waals surface area contributed by atoms with E-state index in [0.29, 0.717) is 28.1 Å². The molecule has 6 rings (SSSR count). The Hall–Kier alpha value is -4.99. The van der Waals surface area contributed by atoms with Crippen molar-refractivity contribution in [1.29, 1.82) is 0 Å². The number of halogens is 1. The van der Waals surface area contributed by atoms with Crippen LogP contribution in [0.5, 0.6) is 11.5 Å². The number of nitrogens with zero attached hydrogens (tertiary/aromatic N) is 2. The Kier molecular flexibility index (Phi) is 9.19. The number of hydrogen-bond donors (Lipinski definition) is 2. The number of carbonyl (C=O) groups excluding carboxylic acids is 1. The van der Waals surface area contributed by atoms with Crippen molar-refractivity contribution in [3.63, 3.8) is 0 Å². The van der Waals surface area contributed by atoms with Gasteiger partial charge in [0.2, 0.25) is 0 Å². The van der Waals surface area contributed by atoms with Gasteiger partial charge in [0.25, 0.3) is 5.91 Å². The topological polar surface area (TPSA) is 84.8 Å². The molecule has 2 N–H and O–H groups in total. The molecule has 0 aliphatic heterocycles. The van der Waals surface area contributed by atoms with E-state index in [9.17, 15) is 4.79 Å². The molecule has 5 aromatic carbocycles. The van der Waals surface area contributed by atoms with Crippen molar-refractivity contribution in [2.75, 3.05) is 12.4 Å². The number of nitrogens with one attached hydrogen (secondary N) is 2. The third-order valence-electron chi connectivity index (χ3n) is 7.08. The highest BCUT2D eigenvalue weighted by molar-refractivity contribution is 9.10. The number of aromatic nitrogens is 1. The number of ether oxygens (including phenoxy) is 2. The van der Waals surface area contributed by atoms with Crippen LogP contribution >= 0.6 is 27.3 Å². The number of hydrogen-bond acceptors (Lipinski definition) is 7. The molecule has 7 nitrogen and oxygen atoms in total. The van der Waals surface area contributed by atoms with Gasteiger partial charge in [0.1, 0.15) is 6.61 Å². The number of rotatable bonds is 10. The van der Waals surface area contributed by atoms with Gasteiger partial charge in [-0.05, 0) is 87.2 Å². The Morgan fingerprint density at radius 2 is 1.73 bits per heavy atom. The van der Waals surface area contributed by atoms with E-state index in [1.807, 2.05) is 47.8 Å². The molecule has 0 fully saturated rings. The lowest BCUT2D eigenvalue weighted by atomic mass is 10.1. The zero-order valence-corrected chi connectivity index (χ0v) is 27.0. The third-order valence-corrected chi connectivity index (χ3v) is 8.43. The minimum Gasteiger partial charge on any atom is -0.493 e. The number of fused-ring (bicyclic) bond motifs is 1. The molecular weight excluding hydrogens is 648 g/mol. The second-order valence-corrected chi connectivity index (χ2v) is 12.0. The molecule has 0 saturated heterocycles. The van der Waals surface area contributed by atoms with Crippen molar-refractivity contribution in [1.82, 2.24) is 10.4 Å². The minimum absolute atomic E-state index is 0.320. The molecule has 45 heavy (non-hydrogen) atoms. The Bertz CT molecular complexity index is 1990. The van der Waals surface area contributed by atoms with Gasteiger partial charge in [-0.1, -0.05) is 66.2 Å². The summed E-state index contributed by atoms with van der Waals surface area (Å²) in [5, 5.41) is 12.6. The van der Waals surface area contributed by atoms with Gasteiger partial charge in [0.15, 0.2) is 16.6 Å². The number of hydrazone groups is 1. The van der Waals surface area contributed by atoms with Crippen LogP contribution in [-0.2, 0) is 6.61 Å². The Morgan fingerprint density at radius 1 is 0.956 bits per heavy atom. The van der Waals surface area contributed by atoms with E-state index in [1.165, 1.54) is 22.3 Å². The highest BCUT2D eigenvalue weighted by Gasteiger charge is 2.13. The highest BCUT2D eigenvalue weighted by atomic mass is 79.9. The van der Waals surface area contributed by atoms with Crippen LogP contribution in [0.15, 0.2) is 118 Å². The van der Waals surface area contributed by atoms with Crippen LogP contribution in [0.4, 0.5) is 10.8 Å². The summed E-state index contributed by atoms with van der Waals surface area (Å²) in [7, 11) is 1.59. The first kappa shape index (κ1) is 30.1. The number of carbonyl (C=O) groups is 1. The Balaban J connectivity index is 1.06. The Morgan fingerprint density at radius 3 is 2.51 bits per heavy atom. The fourth-order valence-corrected chi connectivity index (χ4v) is 6.00. The molecule has 0 saturated carbocycles. The van der Waals surface area contributed by atoms with E-state index in [-0.39, 0.29) is 5.91 Å². The summed E-state index contributed by atoms with van der Waals surface area (Å²) in [6.07, 6.45) is 1.56. The van der Waals surface area contributed by atoms with E-state index < -0.39 is 0 Å². The third kappa shape index (κ3) is 7.39. The highest BCUT2D eigenvalue weighted by Crippen LogP contribution is 2.37. The van der Waals surface area contributed by atoms with Crippen molar-refractivity contribution in [2.45, 2.75) is 13.5 Å². The van der Waals surface area contributed by atoms with Gasteiger partial charge in [-0.25, -0.2) is 10.4 Å². The number of thiazole rings is 1. The van der Waals surface area contributed by atoms with Gasteiger partial charge in [-0.15, -0.1) is 11.3 Å². The number of aryl methyl sites for hydroxylation is 1. The standard InChI is InChI=1S/C36H29BrN4O3S/c1-23-7-15-30(16-8-23)39-36-40-32(22-45-36)27-11-13-28(14-12-27)35(42)41-38-20-25-18-31(37)34(33(19-25)43-2)44-21-24-9-10-26-5-3-4-6-29(26)17-24/h3-20,22H,21H2,1-2H3,(H,39,40)(H,41,42)/b38-20-. The zero-order chi connectivity index (χ0) is 31.2. The lowest BCUT2D eigenvalue weighted by Crippen LogP contribution is -2.17. The van der Waals surface area contributed by atoms with Crippen LogP contribution in [0.25, 0.3) is 22.0 Å². The van der Waals surface area contributed by atoms with Crippen molar-refractivity contribution in [2.24, 2.45) is 5.10 Å². The van der Waals surface area contributed by atoms with Crippen molar-refractivity contribution in [3.8, 4) is 22.8 Å². The second kappa shape index (κ2) is 13.8. The average Bonchev–Trinajstić information content (AvgIpc) is 3.53. The predicted molar refractivity (Wildman–Crippen MR) is 186 cm³/mol. The smallest absolute Gasteiger partial charge is 0.271 e. The zero-order valence-electron chi connectivity index (χ0n) is 24.6. The monoisotopic (exact) mass is 676 g/mol.